The summed E-state index contributed by atoms with van der Waals surface area (Å²) in [6, 6.07) is 0.542. The number of nitrogens with zero attached hydrogens (tertiary/aromatic N) is 1. The van der Waals surface area contributed by atoms with Crippen LogP contribution in [0.3, 0.4) is 0 Å². The fraction of sp³-hybridized carbons (Fsp3) is 0.647. The van der Waals surface area contributed by atoms with E-state index < -0.39 is 0 Å². The molecule has 1 atom stereocenters. The van der Waals surface area contributed by atoms with Crippen LogP contribution in [-0.2, 0) is 4.74 Å². The van der Waals surface area contributed by atoms with Crippen molar-refractivity contribution in [1.82, 2.24) is 10.2 Å². The normalized spacial score (nSPS) is 19.9. The molecule has 3 heteroatoms. The molecule has 0 bridgehead atoms. The Morgan fingerprint density at radius 1 is 1.40 bits per heavy atom. The Morgan fingerprint density at radius 3 is 2.65 bits per heavy atom. The fourth-order valence-corrected chi connectivity index (χ4v) is 2.41. The van der Waals surface area contributed by atoms with Gasteiger partial charge in [-0.2, -0.15) is 0 Å². The number of allylic oxidation sites excluding steroid dienone is 5. The molecule has 0 spiro atoms. The van der Waals surface area contributed by atoms with Gasteiger partial charge in [-0.15, -0.1) is 0 Å². The molecule has 1 rings (SSSR count). The van der Waals surface area contributed by atoms with Crippen molar-refractivity contribution < 1.29 is 4.74 Å². The van der Waals surface area contributed by atoms with E-state index in [2.05, 4.69) is 49.8 Å². The second kappa shape index (κ2) is 9.92. The molecular formula is C17H30N2O. The summed E-state index contributed by atoms with van der Waals surface area (Å²) in [6.45, 7) is 13.0. The van der Waals surface area contributed by atoms with Crippen LogP contribution >= 0.6 is 0 Å². The third-order valence-electron chi connectivity index (χ3n) is 3.88. The minimum atomic E-state index is 0.542. The molecule has 1 fully saturated rings. The molecule has 0 aromatic carbocycles. The number of hydrogen-bond donors (Lipinski definition) is 1. The smallest absolute Gasteiger partial charge is 0.0594 e. The molecular weight excluding hydrogens is 248 g/mol. The second-order valence-corrected chi connectivity index (χ2v) is 5.39. The average Bonchev–Trinajstić information content (AvgIpc) is 2.50. The molecule has 0 saturated carbocycles. The highest BCUT2D eigenvalue weighted by molar-refractivity contribution is 5.27. The van der Waals surface area contributed by atoms with E-state index in [0.29, 0.717) is 6.04 Å². The van der Waals surface area contributed by atoms with E-state index >= 15 is 0 Å². The van der Waals surface area contributed by atoms with E-state index in [1.165, 1.54) is 11.1 Å². The number of likely N-dealkylation sites (N-methyl/N-ethyl adjacent to an activating group) is 1. The lowest BCUT2D eigenvalue weighted by atomic mass is 10.0. The molecule has 114 valence electrons. The second-order valence-electron chi connectivity index (χ2n) is 5.39. The molecule has 1 aliphatic rings. The van der Waals surface area contributed by atoms with Gasteiger partial charge in [-0.3, -0.25) is 4.90 Å². The van der Waals surface area contributed by atoms with Crippen LogP contribution < -0.4 is 5.32 Å². The van der Waals surface area contributed by atoms with E-state index in [4.69, 9.17) is 4.74 Å². The zero-order valence-corrected chi connectivity index (χ0v) is 13.3. The van der Waals surface area contributed by atoms with Gasteiger partial charge in [0.05, 0.1) is 13.2 Å². The zero-order valence-electron chi connectivity index (χ0n) is 13.3. The van der Waals surface area contributed by atoms with Crippen LogP contribution in [0.1, 0.15) is 26.7 Å². The topological polar surface area (TPSA) is 24.5 Å². The van der Waals surface area contributed by atoms with Gasteiger partial charge in [-0.1, -0.05) is 36.0 Å². The molecule has 1 N–H and O–H groups in total. The fourth-order valence-electron chi connectivity index (χ4n) is 2.41. The Labute approximate surface area is 124 Å². The van der Waals surface area contributed by atoms with Crippen LogP contribution in [-0.4, -0.2) is 50.8 Å². The number of hydrogen-bond acceptors (Lipinski definition) is 3. The summed E-state index contributed by atoms with van der Waals surface area (Å²) in [5, 5.41) is 3.45. The van der Waals surface area contributed by atoms with Gasteiger partial charge < -0.3 is 10.1 Å². The van der Waals surface area contributed by atoms with Crippen LogP contribution in [0.15, 0.2) is 36.0 Å². The average molecular weight is 278 g/mol. The molecule has 1 aliphatic heterocycles. The molecule has 20 heavy (non-hydrogen) atoms. The van der Waals surface area contributed by atoms with Crippen LogP contribution in [0.5, 0.6) is 0 Å². The SMILES string of the molecule is C=C/C(C)=C\C(=C/C)CCC(CN1CCOCC1)NC. The van der Waals surface area contributed by atoms with Gasteiger partial charge >= 0.3 is 0 Å². The highest BCUT2D eigenvalue weighted by Gasteiger charge is 2.15. The number of ether oxygens (including phenoxy) is 1. The predicted octanol–water partition coefficient (Wildman–Crippen LogP) is 2.77. The van der Waals surface area contributed by atoms with Crippen molar-refractivity contribution >= 4 is 0 Å². The van der Waals surface area contributed by atoms with Crippen molar-refractivity contribution in [2.75, 3.05) is 39.9 Å². The van der Waals surface area contributed by atoms with Crippen molar-refractivity contribution in [2.24, 2.45) is 0 Å². The number of morpholine rings is 1. The van der Waals surface area contributed by atoms with Gasteiger partial charge in [-0.25, -0.2) is 0 Å². The summed E-state index contributed by atoms with van der Waals surface area (Å²) >= 11 is 0. The summed E-state index contributed by atoms with van der Waals surface area (Å²) in [5.74, 6) is 0. The van der Waals surface area contributed by atoms with Crippen molar-refractivity contribution in [2.45, 2.75) is 32.7 Å². The summed E-state index contributed by atoms with van der Waals surface area (Å²) in [4.78, 5) is 2.49. The molecule has 0 amide bonds. The summed E-state index contributed by atoms with van der Waals surface area (Å²) in [6.07, 6.45) is 8.61. The van der Waals surface area contributed by atoms with Gasteiger partial charge in [0.25, 0.3) is 0 Å². The Bertz CT molecular complexity index is 341. The maximum absolute atomic E-state index is 5.40. The molecule has 3 nitrogen and oxygen atoms in total. The first kappa shape index (κ1) is 17.2. The standard InChI is InChI=1S/C17H30N2O/c1-5-15(3)13-16(6-2)7-8-17(18-4)14-19-9-11-20-12-10-19/h5-6,13,17-18H,1,7-12,14H2,2-4H3/b15-13-,16-6-. The van der Waals surface area contributed by atoms with Crippen LogP contribution in [0.25, 0.3) is 0 Å². The first-order valence-corrected chi connectivity index (χ1v) is 7.63. The minimum Gasteiger partial charge on any atom is -0.379 e. The van der Waals surface area contributed by atoms with E-state index in [-0.39, 0.29) is 0 Å². The van der Waals surface area contributed by atoms with Gasteiger partial charge in [0.2, 0.25) is 0 Å². The maximum atomic E-state index is 5.40. The minimum absolute atomic E-state index is 0.542. The first-order valence-electron chi connectivity index (χ1n) is 7.63. The van der Waals surface area contributed by atoms with E-state index in [9.17, 15) is 0 Å². The molecule has 0 aliphatic carbocycles. The lowest BCUT2D eigenvalue weighted by Gasteiger charge is -2.30. The molecule has 1 heterocycles. The summed E-state index contributed by atoms with van der Waals surface area (Å²) in [7, 11) is 2.06. The third-order valence-corrected chi connectivity index (χ3v) is 3.88. The molecule has 0 aromatic rings. The number of nitrogens with one attached hydrogen (secondary N) is 1. The Kier molecular flexibility index (Phi) is 8.51. The van der Waals surface area contributed by atoms with Crippen LogP contribution in [0.2, 0.25) is 0 Å². The first-order chi connectivity index (χ1) is 9.69. The van der Waals surface area contributed by atoms with Gasteiger partial charge in [0.15, 0.2) is 0 Å². The zero-order chi connectivity index (χ0) is 14.8. The molecule has 1 saturated heterocycles. The summed E-state index contributed by atoms with van der Waals surface area (Å²) in [5.41, 5.74) is 2.62. The van der Waals surface area contributed by atoms with Crippen LogP contribution in [0.4, 0.5) is 0 Å². The highest BCUT2D eigenvalue weighted by atomic mass is 16.5. The lowest BCUT2D eigenvalue weighted by Crippen LogP contribution is -2.44. The van der Waals surface area contributed by atoms with Crippen molar-refractivity contribution in [3.63, 3.8) is 0 Å². The van der Waals surface area contributed by atoms with Gasteiger partial charge in [0.1, 0.15) is 0 Å². The quantitative estimate of drug-likeness (QED) is 0.691. The Balaban J connectivity index is 2.41. The molecule has 1 unspecified atom stereocenters. The van der Waals surface area contributed by atoms with Gasteiger partial charge in [-0.05, 0) is 33.7 Å². The molecule has 0 radical (unpaired) electrons. The summed E-state index contributed by atoms with van der Waals surface area (Å²) < 4.78 is 5.40. The Morgan fingerprint density at radius 2 is 2.10 bits per heavy atom. The van der Waals surface area contributed by atoms with E-state index in [1.54, 1.807) is 0 Å². The third kappa shape index (κ3) is 6.51. The van der Waals surface area contributed by atoms with Crippen molar-refractivity contribution in [3.05, 3.63) is 36.0 Å². The lowest BCUT2D eigenvalue weighted by molar-refractivity contribution is 0.0335. The highest BCUT2D eigenvalue weighted by Crippen LogP contribution is 2.13. The van der Waals surface area contributed by atoms with Crippen molar-refractivity contribution in [3.8, 4) is 0 Å². The number of rotatable bonds is 8. The monoisotopic (exact) mass is 278 g/mol. The predicted molar refractivity (Wildman–Crippen MR) is 87.1 cm³/mol. The van der Waals surface area contributed by atoms with Crippen LogP contribution in [0, 0.1) is 0 Å². The van der Waals surface area contributed by atoms with Gasteiger partial charge in [0, 0.05) is 25.7 Å². The maximum Gasteiger partial charge on any atom is 0.0594 e. The van der Waals surface area contributed by atoms with E-state index in [1.807, 2.05) is 6.08 Å². The van der Waals surface area contributed by atoms with E-state index in [0.717, 1.165) is 45.7 Å². The molecule has 0 aromatic heterocycles. The van der Waals surface area contributed by atoms with Crippen molar-refractivity contribution in [1.29, 1.82) is 0 Å². The Hall–Kier alpha value is -0.900. The largest absolute Gasteiger partial charge is 0.379 e.